The molecule has 1 unspecified atom stereocenters. The van der Waals surface area contributed by atoms with E-state index in [1.54, 1.807) is 30.3 Å². The Bertz CT molecular complexity index is 1150. The monoisotopic (exact) mass is 451 g/mol. The quantitative estimate of drug-likeness (QED) is 0.392. The number of benzene rings is 2. The molecule has 0 bridgehead atoms. The number of amidine groups is 1. The minimum absolute atomic E-state index is 0.00952. The molecule has 0 spiro atoms. The smallest absolute Gasteiger partial charge is 0.253 e. The van der Waals surface area contributed by atoms with Crippen molar-refractivity contribution in [2.24, 2.45) is 10.7 Å². The molecule has 2 aromatic carbocycles. The lowest BCUT2D eigenvalue weighted by molar-refractivity contribution is -0.129. The molecule has 1 atom stereocenters. The largest absolute Gasteiger partial charge is 0.395 e. The maximum atomic E-state index is 12.9. The van der Waals surface area contributed by atoms with E-state index < -0.39 is 24.3 Å². The van der Waals surface area contributed by atoms with Gasteiger partial charge in [-0.05, 0) is 47.0 Å². The second-order valence-electron chi connectivity index (χ2n) is 7.96. The van der Waals surface area contributed by atoms with Crippen LogP contribution in [0.5, 0.6) is 0 Å². The van der Waals surface area contributed by atoms with Crippen molar-refractivity contribution in [1.29, 1.82) is 0 Å². The van der Waals surface area contributed by atoms with Crippen LogP contribution in [0.25, 0.3) is 0 Å². The molecular weight excluding hydrogens is 426 g/mol. The summed E-state index contributed by atoms with van der Waals surface area (Å²) < 4.78 is 0. The van der Waals surface area contributed by atoms with Crippen LogP contribution in [0, 0.1) is 0 Å². The van der Waals surface area contributed by atoms with E-state index in [0.717, 1.165) is 22.3 Å². The highest BCUT2D eigenvalue weighted by atomic mass is 16.3. The van der Waals surface area contributed by atoms with Gasteiger partial charge in [-0.1, -0.05) is 6.07 Å². The van der Waals surface area contributed by atoms with Crippen LogP contribution in [0.15, 0.2) is 41.4 Å². The summed E-state index contributed by atoms with van der Waals surface area (Å²) >= 11 is 0. The van der Waals surface area contributed by atoms with Gasteiger partial charge in [-0.25, -0.2) is 0 Å². The Kier molecular flexibility index (Phi) is 6.38. The summed E-state index contributed by atoms with van der Waals surface area (Å²) in [6, 6.07) is 10.4. The van der Waals surface area contributed by atoms with Crippen molar-refractivity contribution < 1.29 is 24.6 Å². The molecule has 4 rings (SSSR count). The Balaban J connectivity index is 1.42. The fourth-order valence-electron chi connectivity index (χ4n) is 3.95. The summed E-state index contributed by atoms with van der Waals surface area (Å²) in [7, 11) is 0. The number of nitrogens with one attached hydrogen (secondary N) is 2. The van der Waals surface area contributed by atoms with Crippen LogP contribution in [0.1, 0.15) is 28.7 Å². The lowest BCUT2D eigenvalue weighted by Gasteiger charge is -2.25. The van der Waals surface area contributed by atoms with Crippen LogP contribution >= 0.6 is 0 Å². The SMILES string of the molecule is NC1=NCc2cc(NC(=O)C(O)CC(=O)N(CCO)c3ccc4c(c3)CC(=O)NC4)ccc21. The fraction of sp³-hybridized carbons (Fsp3) is 0.304. The van der Waals surface area contributed by atoms with Crippen molar-refractivity contribution in [3.05, 3.63) is 58.7 Å². The zero-order valence-electron chi connectivity index (χ0n) is 17.9. The maximum absolute atomic E-state index is 12.9. The zero-order chi connectivity index (χ0) is 23.5. The average Bonchev–Trinajstić information content (AvgIpc) is 3.16. The third-order valence-electron chi connectivity index (χ3n) is 5.69. The number of rotatable bonds is 7. The molecule has 2 aliphatic heterocycles. The molecule has 0 fully saturated rings. The number of aliphatic hydroxyl groups is 2. The van der Waals surface area contributed by atoms with Crippen LogP contribution in [-0.2, 0) is 33.9 Å². The summed E-state index contributed by atoms with van der Waals surface area (Å²) in [5, 5.41) is 25.2. The number of hydrogen-bond donors (Lipinski definition) is 5. The van der Waals surface area contributed by atoms with Gasteiger partial charge < -0.3 is 31.5 Å². The first kappa shape index (κ1) is 22.4. The fourth-order valence-corrected chi connectivity index (χ4v) is 3.95. The Morgan fingerprint density at radius 2 is 2.00 bits per heavy atom. The van der Waals surface area contributed by atoms with Crippen molar-refractivity contribution in [2.45, 2.75) is 32.0 Å². The minimum Gasteiger partial charge on any atom is -0.395 e. The van der Waals surface area contributed by atoms with E-state index in [1.165, 1.54) is 4.90 Å². The Morgan fingerprint density at radius 1 is 1.18 bits per heavy atom. The zero-order valence-corrected chi connectivity index (χ0v) is 17.9. The molecule has 0 radical (unpaired) electrons. The van der Waals surface area contributed by atoms with Gasteiger partial charge in [0.15, 0.2) is 0 Å². The van der Waals surface area contributed by atoms with Crippen molar-refractivity contribution in [2.75, 3.05) is 23.4 Å². The third kappa shape index (κ3) is 4.86. The van der Waals surface area contributed by atoms with E-state index in [2.05, 4.69) is 15.6 Å². The molecule has 6 N–H and O–H groups in total. The average molecular weight is 451 g/mol. The summed E-state index contributed by atoms with van der Waals surface area (Å²) in [6.07, 6.45) is -1.85. The Labute approximate surface area is 190 Å². The van der Waals surface area contributed by atoms with E-state index in [0.29, 0.717) is 30.3 Å². The molecular formula is C23H25N5O5. The van der Waals surface area contributed by atoms with Crippen LogP contribution in [0.4, 0.5) is 11.4 Å². The highest BCUT2D eigenvalue weighted by molar-refractivity contribution is 6.03. The molecule has 172 valence electrons. The number of nitrogens with zero attached hydrogens (tertiary/aromatic N) is 2. The van der Waals surface area contributed by atoms with Crippen LogP contribution in [-0.4, -0.2) is 53.0 Å². The van der Waals surface area contributed by atoms with Gasteiger partial charge >= 0.3 is 0 Å². The van der Waals surface area contributed by atoms with E-state index in [-0.39, 0.29) is 25.5 Å². The van der Waals surface area contributed by atoms with Gasteiger partial charge in [0.2, 0.25) is 11.8 Å². The molecule has 0 aliphatic carbocycles. The molecule has 3 amide bonds. The molecule has 0 saturated heterocycles. The molecule has 2 aliphatic rings. The molecule has 2 heterocycles. The van der Waals surface area contributed by atoms with Crippen LogP contribution in [0.3, 0.4) is 0 Å². The van der Waals surface area contributed by atoms with Gasteiger partial charge in [-0.15, -0.1) is 0 Å². The second-order valence-corrected chi connectivity index (χ2v) is 7.96. The number of carbonyl (C=O) groups is 3. The maximum Gasteiger partial charge on any atom is 0.253 e. The van der Waals surface area contributed by atoms with Crippen LogP contribution < -0.4 is 21.3 Å². The van der Waals surface area contributed by atoms with E-state index >= 15 is 0 Å². The topological polar surface area (TPSA) is 157 Å². The number of hydrogen-bond acceptors (Lipinski definition) is 7. The van der Waals surface area contributed by atoms with Gasteiger partial charge in [0.05, 0.1) is 26.0 Å². The summed E-state index contributed by atoms with van der Waals surface area (Å²) in [5.41, 5.74) is 10.2. The first-order valence-electron chi connectivity index (χ1n) is 10.6. The number of amides is 3. The van der Waals surface area contributed by atoms with E-state index in [1.807, 2.05) is 6.07 Å². The summed E-state index contributed by atoms with van der Waals surface area (Å²) in [6.45, 7) is 0.531. The lowest BCUT2D eigenvalue weighted by Crippen LogP contribution is -2.39. The molecule has 10 heteroatoms. The first-order chi connectivity index (χ1) is 15.9. The lowest BCUT2D eigenvalue weighted by atomic mass is 9.99. The highest BCUT2D eigenvalue weighted by Crippen LogP contribution is 2.24. The summed E-state index contributed by atoms with van der Waals surface area (Å²) in [4.78, 5) is 42.5. The second kappa shape index (κ2) is 9.39. The van der Waals surface area contributed by atoms with E-state index in [4.69, 9.17) is 5.73 Å². The third-order valence-corrected chi connectivity index (χ3v) is 5.69. The number of aliphatic hydroxyl groups excluding tert-OH is 2. The standard InChI is InChI=1S/C23H25N5O5/c24-22-18-4-2-16(7-15(18)12-26-22)27-23(33)19(30)10-21(32)28(5-6-29)17-3-1-13-11-25-20(31)9-14(13)8-17/h1-4,7-8,19,29-30H,5-6,9-12H2,(H2,24,26)(H,25,31)(H,27,33). The van der Waals surface area contributed by atoms with Gasteiger partial charge in [0.25, 0.3) is 5.91 Å². The molecule has 0 saturated carbocycles. The number of anilines is 2. The number of carbonyl (C=O) groups excluding carboxylic acids is 3. The first-order valence-corrected chi connectivity index (χ1v) is 10.6. The number of fused-ring (bicyclic) bond motifs is 2. The molecule has 0 aromatic heterocycles. The van der Waals surface area contributed by atoms with Crippen molar-refractivity contribution in [3.8, 4) is 0 Å². The van der Waals surface area contributed by atoms with Gasteiger partial charge in [0, 0.05) is 30.0 Å². The Morgan fingerprint density at radius 3 is 2.79 bits per heavy atom. The van der Waals surface area contributed by atoms with Gasteiger partial charge in [0.1, 0.15) is 11.9 Å². The predicted octanol–water partition coefficient (Wildman–Crippen LogP) is -0.207. The normalized spacial score (nSPS) is 15.1. The molecule has 2 aromatic rings. The minimum atomic E-state index is -1.59. The van der Waals surface area contributed by atoms with Crippen molar-refractivity contribution >= 4 is 34.9 Å². The van der Waals surface area contributed by atoms with Crippen molar-refractivity contribution in [1.82, 2.24) is 5.32 Å². The summed E-state index contributed by atoms with van der Waals surface area (Å²) in [5.74, 6) is -0.906. The highest BCUT2D eigenvalue weighted by Gasteiger charge is 2.25. The number of aliphatic imine (C=N–C) groups is 1. The predicted molar refractivity (Wildman–Crippen MR) is 122 cm³/mol. The van der Waals surface area contributed by atoms with E-state index in [9.17, 15) is 24.6 Å². The molecule has 10 nitrogen and oxygen atoms in total. The number of nitrogens with two attached hydrogens (primary N) is 1. The van der Waals surface area contributed by atoms with Gasteiger partial charge in [-0.3, -0.25) is 19.4 Å². The van der Waals surface area contributed by atoms with Crippen molar-refractivity contribution in [3.63, 3.8) is 0 Å². The Hall–Kier alpha value is -3.76. The van der Waals surface area contributed by atoms with Gasteiger partial charge in [-0.2, -0.15) is 0 Å². The molecule has 33 heavy (non-hydrogen) atoms. The van der Waals surface area contributed by atoms with Crippen LogP contribution in [0.2, 0.25) is 0 Å².